The number of amidine groups is 1. The predicted molar refractivity (Wildman–Crippen MR) is 114 cm³/mol. The molecule has 0 spiro atoms. The lowest BCUT2D eigenvalue weighted by atomic mass is 9.99. The maximum absolute atomic E-state index is 5.13. The van der Waals surface area contributed by atoms with Gasteiger partial charge in [0, 0.05) is 35.6 Å². The quantitative estimate of drug-likeness (QED) is 0.656. The summed E-state index contributed by atoms with van der Waals surface area (Å²) in [6.45, 7) is 4.42. The zero-order chi connectivity index (χ0) is 19.1. The van der Waals surface area contributed by atoms with Gasteiger partial charge in [-0.25, -0.2) is 0 Å². The maximum atomic E-state index is 5.13. The Labute approximate surface area is 169 Å². The van der Waals surface area contributed by atoms with Gasteiger partial charge in [-0.2, -0.15) is 0 Å². The van der Waals surface area contributed by atoms with Crippen LogP contribution in [0.4, 0.5) is 0 Å². The number of hydrogen-bond acceptors (Lipinski definition) is 5. The lowest BCUT2D eigenvalue weighted by molar-refractivity contribution is 0.248. The number of aryl methyl sites for hydroxylation is 1. The van der Waals surface area contributed by atoms with Crippen LogP contribution < -0.4 is 0 Å². The standard InChI is InChI=1S/C22H23N5S/c1-3-16-14-28-22-25-20(18-8-4-5-12-24-18)21(27(16)22)19-10-9-15(2)26(19)17-7-6-11-23-13-17/h4-13,16,20-21H,3,14H2,1-2H3/t16-,20+,21-/m1/s1. The third-order valence-corrected chi connectivity index (χ3v) is 6.77. The topological polar surface area (TPSA) is 46.3 Å². The van der Waals surface area contributed by atoms with E-state index in [9.17, 15) is 0 Å². The molecular formula is C22H23N5S. The Morgan fingerprint density at radius 3 is 2.79 bits per heavy atom. The summed E-state index contributed by atoms with van der Waals surface area (Å²) in [7, 11) is 0. The Kier molecular flexibility index (Phi) is 4.43. The average molecular weight is 390 g/mol. The number of thioether (sulfide) groups is 1. The third kappa shape index (κ3) is 2.75. The summed E-state index contributed by atoms with van der Waals surface area (Å²) in [5.41, 5.74) is 4.58. The summed E-state index contributed by atoms with van der Waals surface area (Å²) in [6, 6.07) is 15.3. The van der Waals surface area contributed by atoms with Crippen LogP contribution >= 0.6 is 11.8 Å². The Balaban J connectivity index is 1.66. The van der Waals surface area contributed by atoms with Gasteiger partial charge in [0.1, 0.15) is 12.1 Å². The summed E-state index contributed by atoms with van der Waals surface area (Å²) in [6.07, 6.45) is 6.73. The number of aromatic nitrogens is 3. The second-order valence-electron chi connectivity index (χ2n) is 7.28. The molecule has 5 heterocycles. The Morgan fingerprint density at radius 1 is 1.11 bits per heavy atom. The van der Waals surface area contributed by atoms with E-state index < -0.39 is 0 Å². The molecule has 1 saturated heterocycles. The number of fused-ring (bicyclic) bond motifs is 1. The highest BCUT2D eigenvalue weighted by Crippen LogP contribution is 2.49. The van der Waals surface area contributed by atoms with Crippen LogP contribution in [0, 0.1) is 6.92 Å². The first-order chi connectivity index (χ1) is 13.8. The van der Waals surface area contributed by atoms with Crippen LogP contribution in [-0.2, 0) is 0 Å². The lowest BCUT2D eigenvalue weighted by Crippen LogP contribution is -2.36. The van der Waals surface area contributed by atoms with Crippen molar-refractivity contribution in [3.63, 3.8) is 0 Å². The van der Waals surface area contributed by atoms with Gasteiger partial charge < -0.3 is 9.47 Å². The summed E-state index contributed by atoms with van der Waals surface area (Å²) < 4.78 is 2.32. The number of rotatable bonds is 4. The molecule has 0 aromatic carbocycles. The fraction of sp³-hybridized carbons (Fsp3) is 0.318. The fourth-order valence-electron chi connectivity index (χ4n) is 4.30. The molecule has 5 rings (SSSR count). The number of hydrogen-bond donors (Lipinski definition) is 0. The molecule has 0 unspecified atom stereocenters. The minimum atomic E-state index is 0.00257. The van der Waals surface area contributed by atoms with Crippen LogP contribution in [0.15, 0.2) is 66.0 Å². The van der Waals surface area contributed by atoms with Crippen molar-refractivity contribution in [3.05, 3.63) is 78.1 Å². The first kappa shape index (κ1) is 17.5. The molecular weight excluding hydrogens is 366 g/mol. The summed E-state index contributed by atoms with van der Waals surface area (Å²) in [5, 5.41) is 1.16. The SMILES string of the molecule is CC[C@@H]1CSC2=N[C@@H](c3ccccn3)[C@@H](c3ccc(C)n3-c3cccnc3)N21. The van der Waals surface area contributed by atoms with Crippen LogP contribution in [-0.4, -0.2) is 36.4 Å². The molecule has 6 heteroatoms. The minimum absolute atomic E-state index is 0.00257. The predicted octanol–water partition coefficient (Wildman–Crippen LogP) is 4.56. The van der Waals surface area contributed by atoms with Gasteiger partial charge in [0.25, 0.3) is 0 Å². The van der Waals surface area contributed by atoms with Crippen molar-refractivity contribution in [1.29, 1.82) is 0 Å². The normalized spacial score (nSPS) is 23.7. The zero-order valence-electron chi connectivity index (χ0n) is 16.1. The van der Waals surface area contributed by atoms with Crippen molar-refractivity contribution in [3.8, 4) is 5.69 Å². The van der Waals surface area contributed by atoms with E-state index in [1.165, 1.54) is 11.4 Å². The Morgan fingerprint density at radius 2 is 2.04 bits per heavy atom. The Hall–Kier alpha value is -2.60. The lowest BCUT2D eigenvalue weighted by Gasteiger charge is -2.32. The molecule has 2 aliphatic heterocycles. The first-order valence-corrected chi connectivity index (χ1v) is 10.7. The molecule has 3 atom stereocenters. The van der Waals surface area contributed by atoms with E-state index in [0.717, 1.165) is 28.7 Å². The second kappa shape index (κ2) is 7.09. The minimum Gasteiger partial charge on any atom is -0.337 e. The molecule has 0 radical (unpaired) electrons. The van der Waals surface area contributed by atoms with Crippen molar-refractivity contribution in [2.24, 2.45) is 4.99 Å². The molecule has 1 fully saturated rings. The molecule has 28 heavy (non-hydrogen) atoms. The van der Waals surface area contributed by atoms with Gasteiger partial charge in [0.2, 0.25) is 0 Å². The second-order valence-corrected chi connectivity index (χ2v) is 8.27. The summed E-state index contributed by atoms with van der Waals surface area (Å²) >= 11 is 1.88. The third-order valence-electron chi connectivity index (χ3n) is 5.64. The number of nitrogens with zero attached hydrogens (tertiary/aromatic N) is 5. The fourth-order valence-corrected chi connectivity index (χ4v) is 5.64. The molecule has 3 aromatic heterocycles. The molecule has 3 aromatic rings. The molecule has 0 N–H and O–H groups in total. The molecule has 0 aliphatic carbocycles. The van der Waals surface area contributed by atoms with Crippen molar-refractivity contribution in [2.45, 2.75) is 38.4 Å². The van der Waals surface area contributed by atoms with Gasteiger partial charge >= 0.3 is 0 Å². The van der Waals surface area contributed by atoms with Crippen molar-refractivity contribution in [2.75, 3.05) is 5.75 Å². The van der Waals surface area contributed by atoms with Gasteiger partial charge in [-0.1, -0.05) is 24.8 Å². The molecule has 142 valence electrons. The highest BCUT2D eigenvalue weighted by molar-refractivity contribution is 8.14. The van der Waals surface area contributed by atoms with Gasteiger partial charge in [0.15, 0.2) is 5.17 Å². The van der Waals surface area contributed by atoms with E-state index in [2.05, 4.69) is 63.6 Å². The summed E-state index contributed by atoms with van der Waals surface area (Å²) in [5.74, 6) is 1.10. The highest BCUT2D eigenvalue weighted by Gasteiger charge is 2.46. The van der Waals surface area contributed by atoms with Gasteiger partial charge in [-0.15, -0.1) is 0 Å². The van der Waals surface area contributed by atoms with Crippen LogP contribution in [0.3, 0.4) is 0 Å². The van der Waals surface area contributed by atoms with E-state index in [0.29, 0.717) is 6.04 Å². The van der Waals surface area contributed by atoms with Crippen molar-refractivity contribution >= 4 is 16.9 Å². The van der Waals surface area contributed by atoms with Crippen LogP contribution in [0.2, 0.25) is 0 Å². The van der Waals surface area contributed by atoms with Gasteiger partial charge in [-0.3, -0.25) is 15.0 Å². The maximum Gasteiger partial charge on any atom is 0.160 e. The molecule has 0 saturated carbocycles. The Bertz CT molecular complexity index is 998. The number of aliphatic imine (C=N–C) groups is 1. The molecule has 2 aliphatic rings. The van der Waals surface area contributed by atoms with E-state index in [-0.39, 0.29) is 12.1 Å². The van der Waals surface area contributed by atoms with Crippen LogP contribution in [0.25, 0.3) is 5.69 Å². The highest BCUT2D eigenvalue weighted by atomic mass is 32.2. The zero-order valence-corrected chi connectivity index (χ0v) is 16.9. The average Bonchev–Trinajstić information content (AvgIpc) is 3.42. The van der Waals surface area contributed by atoms with Crippen LogP contribution in [0.1, 0.15) is 42.5 Å². The van der Waals surface area contributed by atoms with Gasteiger partial charge in [0.05, 0.1) is 17.6 Å². The van der Waals surface area contributed by atoms with Crippen molar-refractivity contribution < 1.29 is 0 Å². The molecule has 5 nitrogen and oxygen atoms in total. The molecule has 0 amide bonds. The van der Waals surface area contributed by atoms with E-state index in [1.807, 2.05) is 42.5 Å². The largest absolute Gasteiger partial charge is 0.337 e. The first-order valence-electron chi connectivity index (χ1n) is 9.76. The van der Waals surface area contributed by atoms with Gasteiger partial charge in [-0.05, 0) is 49.7 Å². The smallest absolute Gasteiger partial charge is 0.160 e. The van der Waals surface area contributed by atoms with Crippen LogP contribution in [0.5, 0.6) is 0 Å². The number of pyridine rings is 2. The van der Waals surface area contributed by atoms with E-state index in [4.69, 9.17) is 4.99 Å². The monoisotopic (exact) mass is 389 g/mol. The molecule has 0 bridgehead atoms. The summed E-state index contributed by atoms with van der Waals surface area (Å²) in [4.78, 5) is 16.7. The van der Waals surface area contributed by atoms with E-state index >= 15 is 0 Å². The van der Waals surface area contributed by atoms with E-state index in [1.54, 1.807) is 0 Å². The van der Waals surface area contributed by atoms with Crippen molar-refractivity contribution in [1.82, 2.24) is 19.4 Å².